The summed E-state index contributed by atoms with van der Waals surface area (Å²) < 4.78 is 5.67. The van der Waals surface area contributed by atoms with E-state index in [0.29, 0.717) is 5.69 Å². The molecular weight excluding hydrogens is 274 g/mol. The molecule has 2 aliphatic rings. The molecule has 116 valence electrons. The van der Waals surface area contributed by atoms with Crippen molar-refractivity contribution in [3.05, 3.63) is 47.3 Å². The Balaban J connectivity index is 1.89. The molecule has 3 rings (SSSR count). The Kier molecular flexibility index (Phi) is 4.14. The summed E-state index contributed by atoms with van der Waals surface area (Å²) >= 11 is 0. The predicted octanol–water partition coefficient (Wildman–Crippen LogP) is 4.78. The molecule has 3 nitrogen and oxygen atoms in total. The van der Waals surface area contributed by atoms with Gasteiger partial charge in [-0.05, 0) is 44.2 Å². The average molecular weight is 297 g/mol. The van der Waals surface area contributed by atoms with E-state index in [-0.39, 0.29) is 5.97 Å². The second kappa shape index (κ2) is 6.07. The fourth-order valence-electron chi connectivity index (χ4n) is 3.21. The Morgan fingerprint density at radius 1 is 1.27 bits per heavy atom. The van der Waals surface area contributed by atoms with Crippen LogP contribution in [0, 0.1) is 0 Å². The van der Waals surface area contributed by atoms with Gasteiger partial charge in [-0.25, -0.2) is 9.78 Å². The lowest BCUT2D eigenvalue weighted by molar-refractivity contribution is -0.00429. The van der Waals surface area contributed by atoms with Crippen LogP contribution in [0.3, 0.4) is 0 Å². The zero-order chi connectivity index (χ0) is 15.6. The molecule has 1 aromatic heterocycles. The van der Waals surface area contributed by atoms with E-state index in [9.17, 15) is 4.79 Å². The van der Waals surface area contributed by atoms with Crippen molar-refractivity contribution in [2.24, 2.45) is 0 Å². The second-order valence-corrected chi connectivity index (χ2v) is 6.31. The van der Waals surface area contributed by atoms with E-state index < -0.39 is 5.60 Å². The second-order valence-electron chi connectivity index (χ2n) is 6.31. The zero-order valence-corrected chi connectivity index (χ0v) is 13.4. The maximum absolute atomic E-state index is 12.2. The molecule has 0 amide bonds. The number of allylic oxidation sites excluding steroid dienone is 4. The third-order valence-electron chi connectivity index (χ3n) is 4.52. The van der Waals surface area contributed by atoms with Crippen molar-refractivity contribution >= 4 is 11.5 Å². The molecule has 1 aromatic rings. The maximum Gasteiger partial charge on any atom is 0.358 e. The highest BCUT2D eigenvalue weighted by Crippen LogP contribution is 2.40. The molecule has 0 radical (unpaired) electrons. The predicted molar refractivity (Wildman–Crippen MR) is 87.5 cm³/mol. The number of hydrogen-bond donors (Lipinski definition) is 0. The first-order chi connectivity index (χ1) is 10.6. The quantitative estimate of drug-likeness (QED) is 0.580. The number of aromatic nitrogens is 1. The number of ether oxygens (including phenoxy) is 1. The van der Waals surface area contributed by atoms with Crippen LogP contribution in [0.25, 0.3) is 5.57 Å². The summed E-state index contributed by atoms with van der Waals surface area (Å²) in [5, 5.41) is 0. The van der Waals surface area contributed by atoms with Crippen LogP contribution < -0.4 is 0 Å². The number of carbonyl (C=O) groups is 1. The van der Waals surface area contributed by atoms with Crippen molar-refractivity contribution in [3.8, 4) is 0 Å². The highest BCUT2D eigenvalue weighted by molar-refractivity contribution is 5.93. The van der Waals surface area contributed by atoms with Crippen LogP contribution in [0.1, 0.15) is 74.1 Å². The molecule has 3 heteroatoms. The van der Waals surface area contributed by atoms with E-state index >= 15 is 0 Å². The molecule has 1 aliphatic heterocycles. The Labute approximate surface area is 132 Å². The van der Waals surface area contributed by atoms with Gasteiger partial charge in [0.2, 0.25) is 0 Å². The van der Waals surface area contributed by atoms with Crippen molar-refractivity contribution in [1.82, 2.24) is 4.98 Å². The summed E-state index contributed by atoms with van der Waals surface area (Å²) in [5.74, 6) is -0.281. The topological polar surface area (TPSA) is 39.2 Å². The Bertz CT molecular complexity index is 645. The first-order valence-electron chi connectivity index (χ1n) is 8.26. The van der Waals surface area contributed by atoms with Gasteiger partial charge in [0, 0.05) is 5.56 Å². The molecule has 22 heavy (non-hydrogen) atoms. The number of carbonyl (C=O) groups excluding carboxylic acids is 1. The first-order valence-corrected chi connectivity index (χ1v) is 8.26. The van der Waals surface area contributed by atoms with E-state index in [4.69, 9.17) is 4.74 Å². The number of esters is 1. The first kappa shape index (κ1) is 15.0. The van der Waals surface area contributed by atoms with Gasteiger partial charge in [0.15, 0.2) is 5.69 Å². The van der Waals surface area contributed by atoms with Crippen molar-refractivity contribution in [3.63, 3.8) is 0 Å². The van der Waals surface area contributed by atoms with E-state index in [1.54, 1.807) is 0 Å². The number of nitrogens with zero attached hydrogens (tertiary/aromatic N) is 1. The van der Waals surface area contributed by atoms with Crippen molar-refractivity contribution in [2.75, 3.05) is 0 Å². The standard InChI is InChI=1S/C19H23NO2/c1-3-4-8-13-19(2)15-11-12-16(14-9-6-5-7-10-14)20-17(15)18(21)22-19/h6,9-12H,3-5,7-8,13H2,1-2H3/t19-/m0/s1. The molecule has 1 aliphatic carbocycles. The van der Waals surface area contributed by atoms with Gasteiger partial charge in [-0.2, -0.15) is 0 Å². The van der Waals surface area contributed by atoms with Crippen LogP contribution in [0.15, 0.2) is 30.4 Å². The highest BCUT2D eigenvalue weighted by Gasteiger charge is 2.42. The number of pyridine rings is 1. The van der Waals surface area contributed by atoms with Crippen LogP contribution in [0.5, 0.6) is 0 Å². The minimum atomic E-state index is -0.510. The largest absolute Gasteiger partial charge is 0.450 e. The van der Waals surface area contributed by atoms with Gasteiger partial charge in [0.05, 0.1) is 5.69 Å². The summed E-state index contributed by atoms with van der Waals surface area (Å²) in [6, 6.07) is 4.04. The summed E-state index contributed by atoms with van der Waals surface area (Å²) in [6.45, 7) is 4.18. The van der Waals surface area contributed by atoms with Gasteiger partial charge in [-0.3, -0.25) is 0 Å². The Morgan fingerprint density at radius 2 is 2.14 bits per heavy atom. The number of cyclic esters (lactones) is 1. The fraction of sp³-hybridized carbons (Fsp3) is 0.474. The third-order valence-corrected chi connectivity index (χ3v) is 4.52. The number of hydrogen-bond acceptors (Lipinski definition) is 3. The summed E-state index contributed by atoms with van der Waals surface area (Å²) in [6.07, 6.45) is 12.8. The molecule has 0 spiro atoms. The molecule has 0 aromatic carbocycles. The Hall–Kier alpha value is -1.90. The van der Waals surface area contributed by atoms with Gasteiger partial charge in [0.1, 0.15) is 5.60 Å². The molecule has 0 unspecified atom stereocenters. The third kappa shape index (κ3) is 2.72. The molecular formula is C19H23NO2. The van der Waals surface area contributed by atoms with Gasteiger partial charge < -0.3 is 4.74 Å². The smallest absolute Gasteiger partial charge is 0.358 e. The number of fused-ring (bicyclic) bond motifs is 1. The molecule has 0 bridgehead atoms. The lowest BCUT2D eigenvalue weighted by atomic mass is 9.90. The highest BCUT2D eigenvalue weighted by atomic mass is 16.6. The lowest BCUT2D eigenvalue weighted by Gasteiger charge is -2.23. The minimum absolute atomic E-state index is 0.281. The van der Waals surface area contributed by atoms with Crippen LogP contribution in [0.4, 0.5) is 0 Å². The van der Waals surface area contributed by atoms with Crippen LogP contribution in [0.2, 0.25) is 0 Å². The monoisotopic (exact) mass is 297 g/mol. The van der Waals surface area contributed by atoms with Crippen LogP contribution in [-0.4, -0.2) is 11.0 Å². The molecule has 0 saturated heterocycles. The molecule has 0 N–H and O–H groups in total. The zero-order valence-electron chi connectivity index (χ0n) is 13.4. The SMILES string of the molecule is CCCCC[C@]1(C)OC(=O)c2nc(C3=CCCC=C3)ccc21. The van der Waals surface area contributed by atoms with Gasteiger partial charge >= 0.3 is 5.97 Å². The molecule has 2 heterocycles. The minimum Gasteiger partial charge on any atom is -0.450 e. The van der Waals surface area contributed by atoms with Crippen LogP contribution >= 0.6 is 0 Å². The van der Waals surface area contributed by atoms with E-state index in [2.05, 4.69) is 30.1 Å². The summed E-state index contributed by atoms with van der Waals surface area (Å²) in [4.78, 5) is 16.8. The van der Waals surface area contributed by atoms with Gasteiger partial charge in [-0.1, -0.05) is 44.1 Å². The maximum atomic E-state index is 12.2. The normalized spacial score (nSPS) is 23.2. The van der Waals surface area contributed by atoms with Crippen molar-refractivity contribution < 1.29 is 9.53 Å². The number of unbranched alkanes of at least 4 members (excludes halogenated alkanes) is 2. The average Bonchev–Trinajstić information content (AvgIpc) is 2.79. The summed E-state index contributed by atoms with van der Waals surface area (Å²) in [5.41, 5.74) is 2.89. The van der Waals surface area contributed by atoms with E-state index in [0.717, 1.165) is 55.4 Å². The lowest BCUT2D eigenvalue weighted by Crippen LogP contribution is -2.21. The number of rotatable bonds is 5. The van der Waals surface area contributed by atoms with E-state index in [1.165, 1.54) is 0 Å². The van der Waals surface area contributed by atoms with Crippen molar-refractivity contribution in [1.29, 1.82) is 0 Å². The van der Waals surface area contributed by atoms with Crippen molar-refractivity contribution in [2.45, 2.75) is 58.0 Å². The van der Waals surface area contributed by atoms with Gasteiger partial charge in [-0.15, -0.1) is 0 Å². The van der Waals surface area contributed by atoms with Crippen LogP contribution in [-0.2, 0) is 10.3 Å². The Morgan fingerprint density at radius 3 is 2.86 bits per heavy atom. The van der Waals surface area contributed by atoms with Gasteiger partial charge in [0.25, 0.3) is 0 Å². The summed E-state index contributed by atoms with van der Waals surface area (Å²) in [7, 11) is 0. The fourth-order valence-corrected chi connectivity index (χ4v) is 3.21. The molecule has 0 saturated carbocycles. The van der Waals surface area contributed by atoms with E-state index in [1.807, 2.05) is 19.1 Å². The molecule has 1 atom stereocenters. The molecule has 0 fully saturated rings.